The molecule has 9 heteroatoms. The number of phenols is 1. The van der Waals surface area contributed by atoms with Crippen LogP contribution in [0.2, 0.25) is 5.02 Å². The molecule has 1 saturated heterocycles. The zero-order valence-electron chi connectivity index (χ0n) is 13.8. The van der Waals surface area contributed by atoms with E-state index in [0.29, 0.717) is 30.4 Å². The second-order valence-electron chi connectivity index (χ2n) is 5.35. The van der Waals surface area contributed by atoms with Crippen molar-refractivity contribution in [3.05, 3.63) is 61.0 Å². The summed E-state index contributed by atoms with van der Waals surface area (Å²) in [7, 11) is 1.45. The average molecular weight is 515 g/mol. The zero-order chi connectivity index (χ0) is 19.6. The highest BCUT2D eigenvalue weighted by atomic mass is 127. The molecule has 3 rings (SSSR count). The summed E-state index contributed by atoms with van der Waals surface area (Å²) >= 11 is 8.84. The zero-order valence-corrected chi connectivity index (χ0v) is 17.6. The summed E-state index contributed by atoms with van der Waals surface area (Å²) in [4.78, 5) is 28.7. The molecule has 1 aliphatic rings. The van der Waals surface area contributed by atoms with Gasteiger partial charge in [0.05, 0.1) is 15.6 Å². The molecule has 0 aromatic heterocycles. The van der Waals surface area contributed by atoms with Crippen LogP contribution in [0.5, 0.6) is 11.5 Å². The largest absolute Gasteiger partial charge is 0.504 e. The van der Waals surface area contributed by atoms with E-state index in [4.69, 9.17) is 16.3 Å². The minimum atomic E-state index is -0.475. The van der Waals surface area contributed by atoms with Crippen LogP contribution in [0, 0.1) is 3.57 Å². The van der Waals surface area contributed by atoms with Gasteiger partial charge >= 0.3 is 0 Å². The number of halogens is 2. The van der Waals surface area contributed by atoms with Crippen molar-refractivity contribution in [1.82, 2.24) is 5.32 Å². The average Bonchev–Trinajstić information content (AvgIpc) is 2.97. The van der Waals surface area contributed by atoms with Gasteiger partial charge in [0, 0.05) is 10.6 Å². The third-order valence-electron chi connectivity index (χ3n) is 3.51. The third-order valence-corrected chi connectivity index (χ3v) is 5.50. The maximum atomic E-state index is 12.2. The number of amides is 2. The smallest absolute Gasteiger partial charge is 0.279 e. The third kappa shape index (κ3) is 4.63. The van der Waals surface area contributed by atoms with Gasteiger partial charge in [-0.15, -0.1) is 0 Å². The number of ether oxygens (including phenoxy) is 1. The molecular weight excluding hydrogens is 503 g/mol. The van der Waals surface area contributed by atoms with Crippen molar-refractivity contribution in [2.24, 2.45) is 4.99 Å². The van der Waals surface area contributed by atoms with Gasteiger partial charge < -0.3 is 15.2 Å². The standard InChI is InChI=1S/C18H12ClIN2O4S/c1-26-13-7-9(6-12(20)15(13)23)8-14-17(25)22-18(27-14)21-16(24)10-2-4-11(19)5-3-10/h2-8,23H,1H3,(H,21,22,24,25)/b14-8-. The van der Waals surface area contributed by atoms with Gasteiger partial charge in [-0.25, -0.2) is 0 Å². The summed E-state index contributed by atoms with van der Waals surface area (Å²) in [6.07, 6.45) is 1.64. The molecule has 0 unspecified atom stereocenters. The lowest BCUT2D eigenvalue weighted by Gasteiger charge is -2.06. The van der Waals surface area contributed by atoms with E-state index in [1.165, 1.54) is 7.11 Å². The number of carbonyl (C=O) groups is 2. The molecule has 0 aliphatic carbocycles. The molecule has 1 aliphatic heterocycles. The van der Waals surface area contributed by atoms with Gasteiger partial charge in [-0.05, 0) is 82.4 Å². The summed E-state index contributed by atoms with van der Waals surface area (Å²) in [5.74, 6) is -0.482. The first-order valence-electron chi connectivity index (χ1n) is 7.53. The first-order valence-corrected chi connectivity index (χ1v) is 9.80. The Morgan fingerprint density at radius 1 is 1.33 bits per heavy atom. The number of thioether (sulfide) groups is 1. The first kappa shape index (κ1) is 19.7. The Balaban J connectivity index is 1.83. The van der Waals surface area contributed by atoms with Crippen molar-refractivity contribution >= 4 is 69.0 Å². The van der Waals surface area contributed by atoms with E-state index in [1.54, 1.807) is 42.5 Å². The van der Waals surface area contributed by atoms with Crippen LogP contribution < -0.4 is 10.1 Å². The molecule has 138 valence electrons. The quantitative estimate of drug-likeness (QED) is 0.476. The van der Waals surface area contributed by atoms with Crippen LogP contribution in [0.25, 0.3) is 6.08 Å². The van der Waals surface area contributed by atoms with Crippen LogP contribution >= 0.6 is 46.0 Å². The molecular formula is C18H12ClIN2O4S. The number of methoxy groups -OCH3 is 1. The number of rotatable bonds is 3. The van der Waals surface area contributed by atoms with Gasteiger partial charge in [-0.2, -0.15) is 4.99 Å². The van der Waals surface area contributed by atoms with Crippen LogP contribution in [0.4, 0.5) is 0 Å². The number of phenolic OH excluding ortho intramolecular Hbond substituents is 1. The predicted molar refractivity (Wildman–Crippen MR) is 114 cm³/mol. The number of nitrogens with one attached hydrogen (secondary N) is 1. The maximum absolute atomic E-state index is 12.2. The number of aliphatic imine (C=N–C) groups is 1. The molecule has 2 aromatic carbocycles. The second kappa shape index (κ2) is 8.32. The Bertz CT molecular complexity index is 990. The summed E-state index contributed by atoms with van der Waals surface area (Å²) in [5, 5.41) is 13.2. The molecule has 1 heterocycles. The lowest BCUT2D eigenvalue weighted by atomic mass is 10.2. The van der Waals surface area contributed by atoms with Crippen molar-refractivity contribution in [3.63, 3.8) is 0 Å². The summed E-state index contributed by atoms with van der Waals surface area (Å²) < 4.78 is 5.71. The molecule has 0 saturated carbocycles. The fourth-order valence-corrected chi connectivity index (χ4v) is 3.78. The molecule has 2 aromatic rings. The number of aromatic hydroxyl groups is 1. The number of benzene rings is 2. The Morgan fingerprint density at radius 2 is 2.04 bits per heavy atom. The van der Waals surface area contributed by atoms with Gasteiger partial charge in [-0.3, -0.25) is 9.59 Å². The summed E-state index contributed by atoms with van der Waals surface area (Å²) in [6, 6.07) is 9.66. The van der Waals surface area contributed by atoms with Crippen molar-refractivity contribution in [2.45, 2.75) is 0 Å². The Hall–Kier alpha value is -2.04. The van der Waals surface area contributed by atoms with E-state index >= 15 is 0 Å². The maximum Gasteiger partial charge on any atom is 0.279 e. The van der Waals surface area contributed by atoms with Crippen LogP contribution in [0.3, 0.4) is 0 Å². The molecule has 2 amide bonds. The van der Waals surface area contributed by atoms with Gasteiger partial charge in [-0.1, -0.05) is 11.6 Å². The number of hydrogen-bond acceptors (Lipinski definition) is 5. The molecule has 0 bridgehead atoms. The highest BCUT2D eigenvalue weighted by Gasteiger charge is 2.25. The van der Waals surface area contributed by atoms with Crippen LogP contribution in [0.15, 0.2) is 46.3 Å². The number of hydrogen-bond donors (Lipinski definition) is 2. The molecule has 0 radical (unpaired) electrons. The van der Waals surface area contributed by atoms with Crippen LogP contribution in [-0.4, -0.2) is 29.2 Å². The highest BCUT2D eigenvalue weighted by Crippen LogP contribution is 2.34. The van der Waals surface area contributed by atoms with Crippen molar-refractivity contribution in [2.75, 3.05) is 7.11 Å². The molecule has 0 spiro atoms. The highest BCUT2D eigenvalue weighted by molar-refractivity contribution is 14.1. The van der Waals surface area contributed by atoms with Crippen molar-refractivity contribution < 1.29 is 19.4 Å². The van der Waals surface area contributed by atoms with E-state index < -0.39 is 5.91 Å². The van der Waals surface area contributed by atoms with E-state index in [0.717, 1.165) is 11.8 Å². The lowest BCUT2D eigenvalue weighted by Crippen LogP contribution is -2.20. The van der Waals surface area contributed by atoms with E-state index in [2.05, 4.69) is 10.3 Å². The normalized spacial score (nSPS) is 16.6. The first-order chi connectivity index (χ1) is 12.9. The number of amidine groups is 1. The van der Waals surface area contributed by atoms with Gasteiger partial charge in [0.2, 0.25) is 0 Å². The van der Waals surface area contributed by atoms with E-state index in [9.17, 15) is 14.7 Å². The minimum Gasteiger partial charge on any atom is -0.504 e. The second-order valence-corrected chi connectivity index (χ2v) is 7.98. The van der Waals surface area contributed by atoms with Crippen molar-refractivity contribution in [1.29, 1.82) is 0 Å². The fraction of sp³-hybridized carbons (Fsp3) is 0.0556. The SMILES string of the molecule is COc1cc(/C=C2\SC(=NC(=O)c3ccc(Cl)cc3)NC2=O)cc(I)c1O. The Kier molecular flexibility index (Phi) is 6.08. The molecule has 1 fully saturated rings. The van der Waals surface area contributed by atoms with Gasteiger partial charge in [0.15, 0.2) is 16.7 Å². The molecule has 2 N–H and O–H groups in total. The summed E-state index contributed by atoms with van der Waals surface area (Å²) in [6.45, 7) is 0. The molecule has 6 nitrogen and oxygen atoms in total. The fourth-order valence-electron chi connectivity index (χ4n) is 2.21. The minimum absolute atomic E-state index is 0.0413. The summed E-state index contributed by atoms with van der Waals surface area (Å²) in [5.41, 5.74) is 1.05. The molecule has 27 heavy (non-hydrogen) atoms. The Labute approximate surface area is 177 Å². The number of nitrogens with zero attached hydrogens (tertiary/aromatic N) is 1. The Morgan fingerprint density at radius 3 is 2.70 bits per heavy atom. The van der Waals surface area contributed by atoms with Crippen molar-refractivity contribution in [3.8, 4) is 11.5 Å². The van der Waals surface area contributed by atoms with Gasteiger partial charge in [0.1, 0.15) is 0 Å². The number of carbonyl (C=O) groups excluding carboxylic acids is 2. The van der Waals surface area contributed by atoms with E-state index in [1.807, 2.05) is 22.6 Å². The van der Waals surface area contributed by atoms with Crippen LogP contribution in [-0.2, 0) is 4.79 Å². The van der Waals surface area contributed by atoms with Gasteiger partial charge in [0.25, 0.3) is 11.8 Å². The monoisotopic (exact) mass is 514 g/mol. The predicted octanol–water partition coefficient (Wildman–Crippen LogP) is 4.06. The topological polar surface area (TPSA) is 88.0 Å². The van der Waals surface area contributed by atoms with E-state index in [-0.39, 0.29) is 16.8 Å². The molecule has 0 atom stereocenters. The van der Waals surface area contributed by atoms with Crippen LogP contribution in [0.1, 0.15) is 15.9 Å². The lowest BCUT2D eigenvalue weighted by molar-refractivity contribution is -0.115.